The number of thioether (sulfide) groups is 1. The minimum absolute atomic E-state index is 0.183. The molecule has 6 nitrogen and oxygen atoms in total. The summed E-state index contributed by atoms with van der Waals surface area (Å²) in [7, 11) is 5.00. The molecule has 0 bridgehead atoms. The summed E-state index contributed by atoms with van der Waals surface area (Å²) >= 11 is 1.61. The molecule has 0 aliphatic rings. The van der Waals surface area contributed by atoms with E-state index in [9.17, 15) is 9.59 Å². The molecule has 0 saturated heterocycles. The monoisotopic (exact) mass is 424 g/mol. The molecule has 7 heteroatoms. The average Bonchev–Trinajstić information content (AvgIpc) is 3.32. The van der Waals surface area contributed by atoms with Crippen LogP contribution < -0.4 is 9.64 Å². The molecular weight excluding hydrogens is 400 g/mol. The molecule has 0 N–H and O–H groups in total. The van der Waals surface area contributed by atoms with Gasteiger partial charge in [0.05, 0.1) is 24.6 Å². The molecule has 0 saturated carbocycles. The Morgan fingerprint density at radius 2 is 1.80 bits per heavy atom. The highest BCUT2D eigenvalue weighted by atomic mass is 32.2. The van der Waals surface area contributed by atoms with E-state index in [0.717, 1.165) is 16.2 Å². The molecule has 0 aliphatic heterocycles. The summed E-state index contributed by atoms with van der Waals surface area (Å²) in [5, 5.41) is 0. The number of methoxy groups -OCH3 is 1. The lowest BCUT2D eigenvalue weighted by Crippen LogP contribution is -2.31. The topological polar surface area (TPSA) is 63.0 Å². The standard InChI is InChI=1S/C23H24N2O4S/c1-24(15-16-11-12-21(30-4)20(14-16)28-3)22(26)17-8-5-6-9-18(17)25(2)23(27)19-10-7-13-29-19/h5-14H,15H2,1-4H3. The zero-order valence-electron chi connectivity index (χ0n) is 17.4. The van der Waals surface area contributed by atoms with E-state index in [2.05, 4.69) is 0 Å². The van der Waals surface area contributed by atoms with Gasteiger partial charge >= 0.3 is 0 Å². The molecule has 1 aromatic heterocycles. The highest BCUT2D eigenvalue weighted by molar-refractivity contribution is 7.98. The van der Waals surface area contributed by atoms with Gasteiger partial charge in [-0.3, -0.25) is 9.59 Å². The minimum Gasteiger partial charge on any atom is -0.496 e. The van der Waals surface area contributed by atoms with E-state index in [0.29, 0.717) is 17.8 Å². The Kier molecular flexibility index (Phi) is 6.84. The van der Waals surface area contributed by atoms with Crippen molar-refractivity contribution in [1.29, 1.82) is 0 Å². The highest BCUT2D eigenvalue weighted by Gasteiger charge is 2.23. The maximum Gasteiger partial charge on any atom is 0.293 e. The van der Waals surface area contributed by atoms with Crippen LogP contribution in [0.2, 0.25) is 0 Å². The van der Waals surface area contributed by atoms with E-state index in [4.69, 9.17) is 9.15 Å². The van der Waals surface area contributed by atoms with Crippen molar-refractivity contribution in [2.45, 2.75) is 11.4 Å². The molecule has 1 heterocycles. The lowest BCUT2D eigenvalue weighted by Gasteiger charge is -2.23. The second-order valence-corrected chi connectivity index (χ2v) is 7.56. The van der Waals surface area contributed by atoms with Crippen LogP contribution in [0.25, 0.3) is 0 Å². The Balaban J connectivity index is 1.82. The van der Waals surface area contributed by atoms with Crippen LogP contribution in [0.1, 0.15) is 26.5 Å². The zero-order chi connectivity index (χ0) is 21.7. The molecule has 0 spiro atoms. The summed E-state index contributed by atoms with van der Waals surface area (Å²) in [6, 6.07) is 16.2. The lowest BCUT2D eigenvalue weighted by atomic mass is 10.1. The van der Waals surface area contributed by atoms with Crippen LogP contribution >= 0.6 is 11.8 Å². The van der Waals surface area contributed by atoms with Crippen molar-refractivity contribution in [2.75, 3.05) is 32.4 Å². The number of carbonyl (C=O) groups excluding carboxylic acids is 2. The lowest BCUT2D eigenvalue weighted by molar-refractivity contribution is 0.0785. The summed E-state index contributed by atoms with van der Waals surface area (Å²) in [6.45, 7) is 0.411. The number of anilines is 1. The van der Waals surface area contributed by atoms with Crippen LogP contribution in [0, 0.1) is 0 Å². The second-order valence-electron chi connectivity index (χ2n) is 6.71. The smallest absolute Gasteiger partial charge is 0.293 e. The number of hydrogen-bond donors (Lipinski definition) is 0. The molecule has 0 radical (unpaired) electrons. The number of carbonyl (C=O) groups is 2. The van der Waals surface area contributed by atoms with Gasteiger partial charge in [-0.15, -0.1) is 11.8 Å². The van der Waals surface area contributed by atoms with Gasteiger partial charge in [0, 0.05) is 25.5 Å². The Morgan fingerprint density at radius 3 is 2.47 bits per heavy atom. The largest absolute Gasteiger partial charge is 0.496 e. The molecular formula is C23H24N2O4S. The number of nitrogens with zero attached hydrogens (tertiary/aromatic N) is 2. The number of hydrogen-bond acceptors (Lipinski definition) is 5. The van der Waals surface area contributed by atoms with E-state index in [1.54, 1.807) is 74.3 Å². The fourth-order valence-electron chi connectivity index (χ4n) is 3.15. The van der Waals surface area contributed by atoms with Crippen LogP contribution in [-0.2, 0) is 6.54 Å². The molecule has 2 aromatic carbocycles. The quantitative estimate of drug-likeness (QED) is 0.521. The summed E-state index contributed by atoms with van der Waals surface area (Å²) in [6.07, 6.45) is 3.44. The van der Waals surface area contributed by atoms with Gasteiger partial charge < -0.3 is 19.0 Å². The van der Waals surface area contributed by atoms with Gasteiger partial charge in [0.2, 0.25) is 0 Å². The first kappa shape index (κ1) is 21.5. The van der Waals surface area contributed by atoms with Gasteiger partial charge in [-0.05, 0) is 48.2 Å². The van der Waals surface area contributed by atoms with Crippen LogP contribution in [0.3, 0.4) is 0 Å². The first-order valence-electron chi connectivity index (χ1n) is 9.33. The van der Waals surface area contributed by atoms with E-state index >= 15 is 0 Å². The molecule has 0 atom stereocenters. The minimum atomic E-state index is -0.319. The predicted octanol–water partition coefficient (Wildman–Crippen LogP) is 4.56. The Labute approximate surface area is 180 Å². The maximum atomic E-state index is 13.2. The van der Waals surface area contributed by atoms with E-state index in [-0.39, 0.29) is 17.6 Å². The SMILES string of the molecule is COc1cc(CN(C)C(=O)c2ccccc2N(C)C(=O)c2ccco2)ccc1SC. The van der Waals surface area contributed by atoms with Gasteiger partial charge in [0.15, 0.2) is 5.76 Å². The van der Waals surface area contributed by atoms with Crippen LogP contribution in [0.4, 0.5) is 5.69 Å². The number of benzene rings is 2. The maximum absolute atomic E-state index is 13.2. The summed E-state index contributed by atoms with van der Waals surface area (Å²) in [5.41, 5.74) is 1.92. The van der Waals surface area contributed by atoms with Crippen LogP contribution in [-0.4, -0.2) is 44.2 Å². The predicted molar refractivity (Wildman–Crippen MR) is 118 cm³/mol. The highest BCUT2D eigenvalue weighted by Crippen LogP contribution is 2.29. The summed E-state index contributed by atoms with van der Waals surface area (Å²) < 4.78 is 10.6. The van der Waals surface area contributed by atoms with Crippen molar-refractivity contribution < 1.29 is 18.7 Å². The first-order valence-corrected chi connectivity index (χ1v) is 10.6. The van der Waals surface area contributed by atoms with Gasteiger partial charge in [-0.1, -0.05) is 18.2 Å². The molecule has 0 unspecified atom stereocenters. The first-order chi connectivity index (χ1) is 14.5. The second kappa shape index (κ2) is 9.54. The third-order valence-corrected chi connectivity index (χ3v) is 5.52. The van der Waals surface area contributed by atoms with Crippen molar-refractivity contribution >= 4 is 29.3 Å². The fourth-order valence-corrected chi connectivity index (χ4v) is 3.70. The van der Waals surface area contributed by atoms with Crippen molar-refractivity contribution in [2.24, 2.45) is 0 Å². The molecule has 0 fully saturated rings. The van der Waals surface area contributed by atoms with Crippen molar-refractivity contribution in [3.8, 4) is 5.75 Å². The number of rotatable bonds is 7. The molecule has 156 valence electrons. The van der Waals surface area contributed by atoms with Crippen molar-refractivity contribution in [1.82, 2.24) is 4.90 Å². The van der Waals surface area contributed by atoms with Gasteiger partial charge in [0.1, 0.15) is 5.75 Å². The van der Waals surface area contributed by atoms with E-state index < -0.39 is 0 Å². The molecule has 3 rings (SSSR count). The van der Waals surface area contributed by atoms with Crippen molar-refractivity contribution in [3.05, 3.63) is 77.7 Å². The summed E-state index contributed by atoms with van der Waals surface area (Å²) in [5.74, 6) is 0.497. The average molecular weight is 425 g/mol. The number of ether oxygens (including phenoxy) is 1. The van der Waals surface area contributed by atoms with Gasteiger partial charge in [-0.25, -0.2) is 0 Å². The molecule has 0 aliphatic carbocycles. The molecule has 2 amide bonds. The Hall–Kier alpha value is -3.19. The number of para-hydroxylation sites is 1. The van der Waals surface area contributed by atoms with Crippen LogP contribution in [0.5, 0.6) is 5.75 Å². The Bertz CT molecular complexity index is 1030. The molecule has 30 heavy (non-hydrogen) atoms. The normalized spacial score (nSPS) is 10.5. The van der Waals surface area contributed by atoms with Gasteiger partial charge in [0.25, 0.3) is 11.8 Å². The van der Waals surface area contributed by atoms with Crippen LogP contribution in [0.15, 0.2) is 70.2 Å². The fraction of sp³-hybridized carbons (Fsp3) is 0.217. The van der Waals surface area contributed by atoms with Crippen molar-refractivity contribution in [3.63, 3.8) is 0 Å². The third-order valence-electron chi connectivity index (χ3n) is 4.75. The number of furan rings is 1. The third kappa shape index (κ3) is 4.52. The summed E-state index contributed by atoms with van der Waals surface area (Å²) in [4.78, 5) is 29.9. The van der Waals surface area contributed by atoms with E-state index in [1.165, 1.54) is 11.2 Å². The molecule has 3 aromatic rings. The van der Waals surface area contributed by atoms with E-state index in [1.807, 2.05) is 24.5 Å². The Morgan fingerprint density at radius 1 is 1.03 bits per heavy atom. The number of amides is 2. The zero-order valence-corrected chi connectivity index (χ0v) is 18.2. The van der Waals surface area contributed by atoms with Gasteiger partial charge in [-0.2, -0.15) is 0 Å².